The van der Waals surface area contributed by atoms with Crippen LogP contribution in [0.1, 0.15) is 16.8 Å². The van der Waals surface area contributed by atoms with Crippen molar-refractivity contribution in [3.63, 3.8) is 0 Å². The second-order valence-electron chi connectivity index (χ2n) is 4.05. The highest BCUT2D eigenvalue weighted by molar-refractivity contribution is 5.61. The Balaban J connectivity index is 2.38. The third-order valence-corrected chi connectivity index (χ3v) is 2.66. The first-order valence-corrected chi connectivity index (χ1v) is 5.43. The van der Waals surface area contributed by atoms with E-state index < -0.39 is 0 Å². The maximum Gasteiger partial charge on any atom is 0.137 e. The average molecular weight is 216 g/mol. The number of imidazole rings is 1. The lowest BCUT2D eigenvalue weighted by molar-refractivity contribution is 0.298. The second-order valence-corrected chi connectivity index (χ2v) is 4.05. The number of aryl methyl sites for hydroxylation is 2. The average Bonchev–Trinajstić information content (AvgIpc) is 2.71. The van der Waals surface area contributed by atoms with Gasteiger partial charge in [0.05, 0.1) is 0 Å². The van der Waals surface area contributed by atoms with Gasteiger partial charge < -0.3 is 10.1 Å². The Hall–Kier alpha value is -1.61. The third-order valence-electron chi connectivity index (χ3n) is 2.66. The van der Waals surface area contributed by atoms with Gasteiger partial charge in [0.15, 0.2) is 0 Å². The van der Waals surface area contributed by atoms with Crippen LogP contribution >= 0.6 is 0 Å². The molecule has 0 amide bonds. The van der Waals surface area contributed by atoms with Crippen LogP contribution in [-0.4, -0.2) is 21.7 Å². The van der Waals surface area contributed by atoms with Crippen LogP contribution in [0.15, 0.2) is 24.4 Å². The van der Waals surface area contributed by atoms with E-state index in [4.69, 9.17) is 5.11 Å². The lowest BCUT2D eigenvalue weighted by Gasteiger charge is -2.03. The highest BCUT2D eigenvalue weighted by atomic mass is 16.3. The summed E-state index contributed by atoms with van der Waals surface area (Å²) in [6.45, 7) is 4.29. The molecule has 3 nitrogen and oxygen atoms in total. The molecule has 0 atom stereocenters. The normalized spacial score (nSPS) is 10.7. The molecule has 84 valence electrons. The Labute approximate surface area is 95.2 Å². The van der Waals surface area contributed by atoms with Gasteiger partial charge in [0.2, 0.25) is 0 Å². The minimum atomic E-state index is 0.147. The molecule has 16 heavy (non-hydrogen) atoms. The molecular weight excluding hydrogens is 200 g/mol. The number of nitrogens with zero attached hydrogens (tertiary/aromatic N) is 1. The minimum absolute atomic E-state index is 0.147. The number of benzene rings is 1. The summed E-state index contributed by atoms with van der Waals surface area (Å²) in [7, 11) is 0. The fourth-order valence-corrected chi connectivity index (χ4v) is 1.73. The minimum Gasteiger partial charge on any atom is -0.396 e. The van der Waals surface area contributed by atoms with Gasteiger partial charge in [-0.2, -0.15) is 0 Å². The van der Waals surface area contributed by atoms with Crippen molar-refractivity contribution in [1.29, 1.82) is 0 Å². The van der Waals surface area contributed by atoms with Crippen molar-refractivity contribution in [2.45, 2.75) is 20.3 Å². The molecule has 2 aromatic rings. The Morgan fingerprint density at radius 1 is 1.31 bits per heavy atom. The predicted octanol–water partition coefficient (Wildman–Crippen LogP) is 2.23. The smallest absolute Gasteiger partial charge is 0.137 e. The van der Waals surface area contributed by atoms with E-state index >= 15 is 0 Å². The molecule has 2 N–H and O–H groups in total. The van der Waals surface area contributed by atoms with Crippen molar-refractivity contribution in [2.24, 2.45) is 0 Å². The molecule has 0 aliphatic carbocycles. The largest absolute Gasteiger partial charge is 0.396 e. The van der Waals surface area contributed by atoms with Crippen molar-refractivity contribution in [2.75, 3.05) is 6.61 Å². The summed E-state index contributed by atoms with van der Waals surface area (Å²) >= 11 is 0. The number of aromatic nitrogens is 2. The summed E-state index contributed by atoms with van der Waals surface area (Å²) in [6.07, 6.45) is 2.41. The van der Waals surface area contributed by atoms with E-state index in [0.717, 1.165) is 17.1 Å². The Morgan fingerprint density at radius 2 is 2.12 bits per heavy atom. The summed E-state index contributed by atoms with van der Waals surface area (Å²) in [4.78, 5) is 7.57. The topological polar surface area (TPSA) is 48.9 Å². The molecule has 1 heterocycles. The van der Waals surface area contributed by atoms with Crippen molar-refractivity contribution < 1.29 is 5.11 Å². The van der Waals surface area contributed by atoms with E-state index in [1.807, 2.05) is 0 Å². The van der Waals surface area contributed by atoms with E-state index in [-0.39, 0.29) is 6.61 Å². The Morgan fingerprint density at radius 3 is 2.88 bits per heavy atom. The molecule has 0 bridgehead atoms. The molecule has 0 aliphatic rings. The fourth-order valence-electron chi connectivity index (χ4n) is 1.73. The summed E-state index contributed by atoms with van der Waals surface area (Å²) in [5.41, 5.74) is 4.53. The number of aliphatic hydroxyl groups is 1. The Kier molecular flexibility index (Phi) is 3.06. The third kappa shape index (κ3) is 2.14. The molecule has 0 radical (unpaired) electrons. The molecule has 0 spiro atoms. The summed E-state index contributed by atoms with van der Waals surface area (Å²) in [5.74, 6) is 0.879. The van der Waals surface area contributed by atoms with E-state index in [0.29, 0.717) is 6.42 Å². The summed E-state index contributed by atoms with van der Waals surface area (Å²) < 4.78 is 0. The predicted molar refractivity (Wildman–Crippen MR) is 64.3 cm³/mol. The van der Waals surface area contributed by atoms with Crippen LogP contribution in [0.4, 0.5) is 0 Å². The van der Waals surface area contributed by atoms with Crippen LogP contribution in [0.25, 0.3) is 11.4 Å². The van der Waals surface area contributed by atoms with E-state index in [1.165, 1.54) is 11.1 Å². The molecule has 0 unspecified atom stereocenters. The molecule has 0 aliphatic heterocycles. The zero-order chi connectivity index (χ0) is 11.5. The maximum atomic E-state index is 8.85. The van der Waals surface area contributed by atoms with Gasteiger partial charge in [-0.25, -0.2) is 4.98 Å². The fraction of sp³-hybridized carbons (Fsp3) is 0.308. The van der Waals surface area contributed by atoms with Gasteiger partial charge in [0.25, 0.3) is 0 Å². The van der Waals surface area contributed by atoms with Crippen molar-refractivity contribution in [3.05, 3.63) is 41.2 Å². The van der Waals surface area contributed by atoms with Gasteiger partial charge in [-0.1, -0.05) is 17.7 Å². The number of aliphatic hydroxyl groups excluding tert-OH is 1. The van der Waals surface area contributed by atoms with Crippen molar-refractivity contribution in [3.8, 4) is 11.4 Å². The molecule has 0 saturated carbocycles. The maximum absolute atomic E-state index is 8.85. The van der Waals surface area contributed by atoms with Crippen LogP contribution in [-0.2, 0) is 6.42 Å². The number of nitrogens with one attached hydrogen (secondary N) is 1. The lowest BCUT2D eigenvalue weighted by atomic mass is 10.1. The summed E-state index contributed by atoms with van der Waals surface area (Å²) in [6, 6.07) is 6.31. The first kappa shape index (κ1) is 10.9. The second kappa shape index (κ2) is 4.49. The molecular formula is C13H16N2O. The summed E-state index contributed by atoms with van der Waals surface area (Å²) in [5, 5.41) is 8.85. The number of aromatic amines is 1. The van der Waals surface area contributed by atoms with Crippen molar-refractivity contribution >= 4 is 0 Å². The highest BCUT2D eigenvalue weighted by Gasteiger charge is 2.06. The molecule has 0 fully saturated rings. The first-order chi connectivity index (χ1) is 7.70. The SMILES string of the molecule is Cc1ccc(C)c(-c2ncc(CCO)[nH]2)c1. The van der Waals surface area contributed by atoms with Crippen LogP contribution in [0.2, 0.25) is 0 Å². The Bertz CT molecular complexity index is 488. The molecule has 2 rings (SSSR count). The van der Waals surface area contributed by atoms with Gasteiger partial charge in [0.1, 0.15) is 5.82 Å². The lowest BCUT2D eigenvalue weighted by Crippen LogP contribution is -1.91. The molecule has 0 saturated heterocycles. The number of hydrogen-bond acceptors (Lipinski definition) is 2. The number of H-pyrrole nitrogens is 1. The van der Waals surface area contributed by atoms with Crippen LogP contribution < -0.4 is 0 Å². The monoisotopic (exact) mass is 216 g/mol. The van der Waals surface area contributed by atoms with Gasteiger partial charge in [0, 0.05) is 30.5 Å². The van der Waals surface area contributed by atoms with E-state index in [2.05, 4.69) is 42.0 Å². The van der Waals surface area contributed by atoms with Gasteiger partial charge in [-0.05, 0) is 25.5 Å². The standard InChI is InChI=1S/C13H16N2O/c1-9-3-4-10(2)12(7-9)13-14-8-11(15-13)5-6-16/h3-4,7-8,16H,5-6H2,1-2H3,(H,14,15). The van der Waals surface area contributed by atoms with Gasteiger partial charge >= 0.3 is 0 Å². The number of rotatable bonds is 3. The van der Waals surface area contributed by atoms with Gasteiger partial charge in [-0.3, -0.25) is 0 Å². The molecule has 1 aromatic heterocycles. The zero-order valence-electron chi connectivity index (χ0n) is 9.62. The van der Waals surface area contributed by atoms with Crippen LogP contribution in [0.3, 0.4) is 0 Å². The van der Waals surface area contributed by atoms with Crippen LogP contribution in [0, 0.1) is 13.8 Å². The van der Waals surface area contributed by atoms with Crippen molar-refractivity contribution in [1.82, 2.24) is 9.97 Å². The zero-order valence-corrected chi connectivity index (χ0v) is 9.62. The number of hydrogen-bond donors (Lipinski definition) is 2. The van der Waals surface area contributed by atoms with Crippen LogP contribution in [0.5, 0.6) is 0 Å². The van der Waals surface area contributed by atoms with Gasteiger partial charge in [-0.15, -0.1) is 0 Å². The molecule has 1 aromatic carbocycles. The quantitative estimate of drug-likeness (QED) is 0.826. The highest BCUT2D eigenvalue weighted by Crippen LogP contribution is 2.21. The van der Waals surface area contributed by atoms with E-state index in [9.17, 15) is 0 Å². The first-order valence-electron chi connectivity index (χ1n) is 5.43. The molecule has 3 heteroatoms. The van der Waals surface area contributed by atoms with E-state index in [1.54, 1.807) is 6.20 Å².